The lowest BCUT2D eigenvalue weighted by Gasteiger charge is -2.29. The summed E-state index contributed by atoms with van der Waals surface area (Å²) in [6.07, 6.45) is 3.64. The van der Waals surface area contributed by atoms with Gasteiger partial charge in [0, 0.05) is 37.5 Å². The average molecular weight is 392 g/mol. The predicted molar refractivity (Wildman–Crippen MR) is 118 cm³/mol. The first-order valence-corrected chi connectivity index (χ1v) is 10.2. The molecule has 1 aliphatic heterocycles. The Morgan fingerprint density at radius 2 is 2.10 bits per heavy atom. The molecule has 1 aliphatic rings. The normalized spacial score (nSPS) is 13.9. The first-order chi connectivity index (χ1) is 14.2. The molecule has 0 bridgehead atoms. The number of pyridine rings is 1. The van der Waals surface area contributed by atoms with Crippen molar-refractivity contribution < 1.29 is 9.47 Å². The lowest BCUT2D eigenvalue weighted by molar-refractivity contribution is 0.122. The van der Waals surface area contributed by atoms with Crippen molar-refractivity contribution in [3.63, 3.8) is 0 Å². The van der Waals surface area contributed by atoms with Gasteiger partial charge in [0.2, 0.25) is 5.88 Å². The van der Waals surface area contributed by atoms with Gasteiger partial charge in [0.15, 0.2) is 0 Å². The van der Waals surface area contributed by atoms with Gasteiger partial charge in [0.25, 0.3) is 0 Å². The summed E-state index contributed by atoms with van der Waals surface area (Å²) in [4.78, 5) is 11.6. The summed E-state index contributed by atoms with van der Waals surface area (Å²) in [6, 6.07) is 12.4. The number of benzene rings is 1. The SMILES string of the molecule is CC#CCCCOc1cc(N2CCOCC2)cc(CN=Cc2cccc(C)c2)n1. The minimum absolute atomic E-state index is 0.518. The molecule has 1 saturated heterocycles. The zero-order chi connectivity index (χ0) is 20.3. The molecule has 152 valence electrons. The smallest absolute Gasteiger partial charge is 0.215 e. The minimum Gasteiger partial charge on any atom is -0.478 e. The molecule has 2 aromatic rings. The zero-order valence-electron chi connectivity index (χ0n) is 17.4. The number of ether oxygens (including phenoxy) is 2. The van der Waals surface area contributed by atoms with Gasteiger partial charge < -0.3 is 14.4 Å². The minimum atomic E-state index is 0.518. The highest BCUT2D eigenvalue weighted by Gasteiger charge is 2.14. The fourth-order valence-corrected chi connectivity index (χ4v) is 3.16. The lowest BCUT2D eigenvalue weighted by Crippen LogP contribution is -2.36. The maximum absolute atomic E-state index is 5.92. The summed E-state index contributed by atoms with van der Waals surface area (Å²) in [5.74, 6) is 6.63. The van der Waals surface area contributed by atoms with E-state index >= 15 is 0 Å². The Hall–Kier alpha value is -2.84. The molecule has 0 amide bonds. The third-order valence-electron chi connectivity index (χ3n) is 4.62. The summed E-state index contributed by atoms with van der Waals surface area (Å²) in [5, 5.41) is 0. The van der Waals surface area contributed by atoms with Crippen molar-refractivity contribution in [2.75, 3.05) is 37.8 Å². The molecule has 0 atom stereocenters. The molecule has 0 radical (unpaired) electrons. The summed E-state index contributed by atoms with van der Waals surface area (Å²) in [7, 11) is 0. The first-order valence-electron chi connectivity index (χ1n) is 10.2. The molecular weight excluding hydrogens is 362 g/mol. The number of nitrogens with zero attached hydrogens (tertiary/aromatic N) is 3. The molecule has 0 spiro atoms. The van der Waals surface area contributed by atoms with E-state index in [0.29, 0.717) is 19.0 Å². The largest absolute Gasteiger partial charge is 0.478 e. The van der Waals surface area contributed by atoms with Crippen molar-refractivity contribution in [1.29, 1.82) is 0 Å². The average Bonchev–Trinajstić information content (AvgIpc) is 2.74. The summed E-state index contributed by atoms with van der Waals surface area (Å²) in [6.45, 7) is 8.31. The number of aryl methyl sites for hydroxylation is 1. The second-order valence-electron chi connectivity index (χ2n) is 7.02. The van der Waals surface area contributed by atoms with Crippen molar-refractivity contribution in [2.24, 2.45) is 4.99 Å². The molecule has 29 heavy (non-hydrogen) atoms. The molecule has 0 N–H and O–H groups in total. The topological polar surface area (TPSA) is 47.0 Å². The molecule has 0 saturated carbocycles. The molecule has 0 aliphatic carbocycles. The van der Waals surface area contributed by atoms with Crippen LogP contribution < -0.4 is 9.64 Å². The second kappa shape index (κ2) is 11.2. The van der Waals surface area contributed by atoms with Crippen LogP contribution in [0.3, 0.4) is 0 Å². The van der Waals surface area contributed by atoms with E-state index < -0.39 is 0 Å². The van der Waals surface area contributed by atoms with Crippen molar-refractivity contribution >= 4 is 11.9 Å². The van der Waals surface area contributed by atoms with E-state index in [0.717, 1.165) is 56.1 Å². The third kappa shape index (κ3) is 6.92. The predicted octanol–water partition coefficient (Wildman–Crippen LogP) is 4.03. The molecule has 1 aromatic carbocycles. The van der Waals surface area contributed by atoms with Crippen molar-refractivity contribution in [3.8, 4) is 17.7 Å². The van der Waals surface area contributed by atoms with Crippen LogP contribution in [0.4, 0.5) is 5.69 Å². The number of aliphatic imine (C=N–C) groups is 1. The Bertz CT molecular complexity index is 877. The van der Waals surface area contributed by atoms with Gasteiger partial charge in [-0.2, -0.15) is 0 Å². The maximum Gasteiger partial charge on any atom is 0.215 e. The monoisotopic (exact) mass is 391 g/mol. The van der Waals surface area contributed by atoms with Crippen LogP contribution in [0.1, 0.15) is 36.6 Å². The van der Waals surface area contributed by atoms with Crippen LogP contribution in [0, 0.1) is 18.8 Å². The van der Waals surface area contributed by atoms with Gasteiger partial charge in [0.05, 0.1) is 32.1 Å². The number of anilines is 1. The van der Waals surface area contributed by atoms with E-state index in [4.69, 9.17) is 9.47 Å². The number of hydrogen-bond acceptors (Lipinski definition) is 5. The van der Waals surface area contributed by atoms with Gasteiger partial charge in [-0.1, -0.05) is 29.8 Å². The number of aromatic nitrogens is 1. The molecule has 5 heteroatoms. The van der Waals surface area contributed by atoms with Crippen LogP contribution in [0.25, 0.3) is 0 Å². The highest BCUT2D eigenvalue weighted by atomic mass is 16.5. The molecule has 1 aromatic heterocycles. The van der Waals surface area contributed by atoms with Gasteiger partial charge in [0.1, 0.15) is 0 Å². The molecule has 5 nitrogen and oxygen atoms in total. The number of rotatable bonds is 8. The molecular formula is C24H29N3O2. The maximum atomic E-state index is 5.92. The Morgan fingerprint density at radius 1 is 1.24 bits per heavy atom. The Labute approximate surface area is 173 Å². The molecule has 1 fully saturated rings. The van der Waals surface area contributed by atoms with Crippen LogP contribution in [0.5, 0.6) is 5.88 Å². The number of morpholine rings is 1. The van der Waals surface area contributed by atoms with Gasteiger partial charge in [-0.15, -0.1) is 11.8 Å². The van der Waals surface area contributed by atoms with Crippen LogP contribution >= 0.6 is 0 Å². The zero-order valence-corrected chi connectivity index (χ0v) is 17.4. The summed E-state index contributed by atoms with van der Waals surface area (Å²) < 4.78 is 11.4. The Morgan fingerprint density at radius 3 is 2.90 bits per heavy atom. The molecule has 3 rings (SSSR count). The van der Waals surface area contributed by atoms with Gasteiger partial charge in [-0.05, 0) is 31.9 Å². The molecule has 2 heterocycles. The quantitative estimate of drug-likeness (QED) is 0.387. The Kier molecular flexibility index (Phi) is 8.09. The van der Waals surface area contributed by atoms with E-state index in [-0.39, 0.29) is 0 Å². The summed E-state index contributed by atoms with van der Waals surface area (Å²) in [5.41, 5.74) is 4.35. The standard InChI is InChI=1S/C24H29N3O2/c1-3-4-5-6-12-29-24-17-23(27-10-13-28-14-11-27)16-22(26-24)19-25-18-21-9-7-8-20(2)15-21/h7-9,15-18H,5-6,10-14,19H2,1-2H3. The van der Waals surface area contributed by atoms with Gasteiger partial charge in [-0.25, -0.2) is 4.98 Å². The van der Waals surface area contributed by atoms with Crippen molar-refractivity contribution in [1.82, 2.24) is 4.98 Å². The van der Waals surface area contributed by atoms with Crippen LogP contribution in [0.2, 0.25) is 0 Å². The first kappa shape index (κ1) is 20.9. The van der Waals surface area contributed by atoms with E-state index in [1.54, 1.807) is 0 Å². The van der Waals surface area contributed by atoms with E-state index in [2.05, 4.69) is 57.9 Å². The van der Waals surface area contributed by atoms with E-state index in [1.165, 1.54) is 5.56 Å². The van der Waals surface area contributed by atoms with Crippen LogP contribution in [-0.2, 0) is 11.3 Å². The van der Waals surface area contributed by atoms with Crippen LogP contribution in [-0.4, -0.2) is 44.1 Å². The van der Waals surface area contributed by atoms with Crippen LogP contribution in [0.15, 0.2) is 41.4 Å². The Balaban J connectivity index is 1.70. The van der Waals surface area contributed by atoms with Gasteiger partial charge >= 0.3 is 0 Å². The third-order valence-corrected chi connectivity index (χ3v) is 4.62. The van der Waals surface area contributed by atoms with Gasteiger partial charge in [-0.3, -0.25) is 4.99 Å². The highest BCUT2D eigenvalue weighted by Crippen LogP contribution is 2.23. The number of unbranched alkanes of at least 4 members (excludes halogenated alkanes) is 1. The van der Waals surface area contributed by atoms with E-state index in [1.807, 2.05) is 25.3 Å². The number of hydrogen-bond donors (Lipinski definition) is 0. The lowest BCUT2D eigenvalue weighted by atomic mass is 10.1. The highest BCUT2D eigenvalue weighted by molar-refractivity contribution is 5.79. The summed E-state index contributed by atoms with van der Waals surface area (Å²) >= 11 is 0. The van der Waals surface area contributed by atoms with Crippen molar-refractivity contribution in [2.45, 2.75) is 33.2 Å². The fraction of sp³-hybridized carbons (Fsp3) is 0.417. The second-order valence-corrected chi connectivity index (χ2v) is 7.02. The fourth-order valence-electron chi connectivity index (χ4n) is 3.16. The van der Waals surface area contributed by atoms with Crippen molar-refractivity contribution in [3.05, 3.63) is 53.2 Å². The molecule has 0 unspecified atom stereocenters. The van der Waals surface area contributed by atoms with E-state index in [9.17, 15) is 0 Å².